The summed E-state index contributed by atoms with van der Waals surface area (Å²) in [5, 5.41) is 0. The predicted molar refractivity (Wildman–Crippen MR) is 161 cm³/mol. The number of hydrogen-bond donors (Lipinski definition) is 0. The lowest BCUT2D eigenvalue weighted by molar-refractivity contribution is 0.115. The predicted octanol–water partition coefficient (Wildman–Crippen LogP) is 4.55. The van der Waals surface area contributed by atoms with E-state index < -0.39 is 0 Å². The molecule has 8 bridgehead atoms. The highest BCUT2D eigenvalue weighted by atomic mass is 15.4. The number of nitrogens with zero attached hydrogens (tertiary/aromatic N) is 4. The Morgan fingerprint density at radius 3 is 1.63 bits per heavy atom. The zero-order chi connectivity index (χ0) is 25.8. The third-order valence-corrected chi connectivity index (χ3v) is 9.15. The average Bonchev–Trinajstić information content (AvgIpc) is 3.61. The van der Waals surface area contributed by atoms with Crippen molar-refractivity contribution >= 4 is 34.5 Å². The minimum atomic E-state index is 0.175. The molecule has 7 rings (SSSR count). The molecule has 1 aliphatic carbocycles. The summed E-state index contributed by atoms with van der Waals surface area (Å²) in [5.74, 6) is 0. The molecule has 2 atom stereocenters. The average molecular weight is 500 g/mol. The minimum Gasteiger partial charge on any atom is -0.353 e. The van der Waals surface area contributed by atoms with E-state index in [2.05, 4.69) is 126 Å². The van der Waals surface area contributed by atoms with E-state index in [1.54, 1.807) is 0 Å². The summed E-state index contributed by atoms with van der Waals surface area (Å²) >= 11 is 0. The van der Waals surface area contributed by atoms with Crippen molar-refractivity contribution in [2.45, 2.75) is 58.5 Å². The lowest BCUT2D eigenvalue weighted by Crippen LogP contribution is -2.54. The molecular formula is C33H37BN4. The molecular weight excluding hydrogens is 463 g/mol. The fraction of sp³-hybridized carbons (Fsp3) is 0.333. The van der Waals surface area contributed by atoms with Crippen LogP contribution in [-0.2, 0) is 0 Å². The lowest BCUT2D eigenvalue weighted by Gasteiger charge is -2.43. The van der Waals surface area contributed by atoms with Crippen LogP contribution in [0, 0.1) is 20.8 Å². The van der Waals surface area contributed by atoms with Crippen LogP contribution in [0.2, 0.25) is 0 Å². The van der Waals surface area contributed by atoms with Crippen LogP contribution in [0.15, 0.2) is 85.5 Å². The van der Waals surface area contributed by atoms with Crippen LogP contribution < -0.4 is 26.2 Å². The number of fused-ring (bicyclic) bond motifs is 13. The fourth-order valence-corrected chi connectivity index (χ4v) is 7.44. The smallest absolute Gasteiger partial charge is 0.242 e. The van der Waals surface area contributed by atoms with Crippen molar-refractivity contribution in [2.75, 3.05) is 23.1 Å². The van der Waals surface area contributed by atoms with Gasteiger partial charge in [0.1, 0.15) is 0 Å². The maximum Gasteiger partial charge on any atom is 0.242 e. The Morgan fingerprint density at radius 2 is 1.13 bits per heavy atom. The van der Waals surface area contributed by atoms with Crippen molar-refractivity contribution < 1.29 is 0 Å². The zero-order valence-electron chi connectivity index (χ0n) is 22.8. The van der Waals surface area contributed by atoms with E-state index in [1.165, 1.54) is 70.1 Å². The maximum atomic E-state index is 2.60. The van der Waals surface area contributed by atoms with Gasteiger partial charge in [0, 0.05) is 36.2 Å². The van der Waals surface area contributed by atoms with E-state index in [4.69, 9.17) is 0 Å². The highest BCUT2D eigenvalue weighted by molar-refractivity contribution is 6.96. The van der Waals surface area contributed by atoms with Crippen molar-refractivity contribution in [3.05, 3.63) is 102 Å². The van der Waals surface area contributed by atoms with Gasteiger partial charge in [0.15, 0.2) is 0 Å². The van der Waals surface area contributed by atoms with Crippen LogP contribution in [0.4, 0.5) is 11.4 Å². The van der Waals surface area contributed by atoms with E-state index in [0.29, 0.717) is 12.1 Å². The van der Waals surface area contributed by atoms with Gasteiger partial charge in [0.2, 0.25) is 6.71 Å². The molecule has 3 heterocycles. The summed E-state index contributed by atoms with van der Waals surface area (Å²) in [6, 6.07) is 24.3. The van der Waals surface area contributed by atoms with E-state index in [9.17, 15) is 0 Å². The van der Waals surface area contributed by atoms with Gasteiger partial charge in [-0.25, -0.2) is 0 Å². The topological polar surface area (TPSA) is 13.0 Å². The molecule has 0 spiro atoms. The van der Waals surface area contributed by atoms with Gasteiger partial charge in [-0.1, -0.05) is 82.3 Å². The molecule has 1 saturated carbocycles. The second-order valence-corrected chi connectivity index (χ2v) is 11.7. The molecule has 0 N–H and O–H groups in total. The zero-order valence-corrected chi connectivity index (χ0v) is 22.8. The molecule has 0 radical (unpaired) electrons. The Labute approximate surface area is 227 Å². The van der Waals surface area contributed by atoms with Gasteiger partial charge in [0.05, 0.1) is 25.4 Å². The number of anilines is 2. The SMILES string of the molecule is Cc1cc(C)c(B2c3cccc(c3)N3C=CN(C3)C3CCCCC3N3C=CN(C3)c3cccc2c3)c(C)c1. The summed E-state index contributed by atoms with van der Waals surface area (Å²) < 4.78 is 0. The summed E-state index contributed by atoms with van der Waals surface area (Å²) in [4.78, 5) is 10.1. The first-order valence-electron chi connectivity index (χ1n) is 14.2. The van der Waals surface area contributed by atoms with Gasteiger partial charge in [-0.2, -0.15) is 0 Å². The molecule has 3 aliphatic heterocycles. The van der Waals surface area contributed by atoms with E-state index in [1.807, 2.05) is 0 Å². The molecule has 38 heavy (non-hydrogen) atoms. The van der Waals surface area contributed by atoms with E-state index >= 15 is 0 Å². The second kappa shape index (κ2) is 9.30. The molecule has 4 nitrogen and oxygen atoms in total. The summed E-state index contributed by atoms with van der Waals surface area (Å²) in [5.41, 5.74) is 10.7. The Balaban J connectivity index is 1.40. The Morgan fingerprint density at radius 1 is 0.632 bits per heavy atom. The largest absolute Gasteiger partial charge is 0.353 e. The minimum absolute atomic E-state index is 0.175. The van der Waals surface area contributed by atoms with Crippen molar-refractivity contribution in [2.24, 2.45) is 0 Å². The van der Waals surface area contributed by atoms with Crippen LogP contribution in [0.5, 0.6) is 0 Å². The van der Waals surface area contributed by atoms with Crippen LogP contribution in [0.1, 0.15) is 42.4 Å². The molecule has 192 valence electrons. The highest BCUT2D eigenvalue weighted by Gasteiger charge is 2.36. The molecule has 0 amide bonds. The molecule has 2 unspecified atom stereocenters. The van der Waals surface area contributed by atoms with Crippen molar-refractivity contribution in [1.82, 2.24) is 9.80 Å². The quantitative estimate of drug-likeness (QED) is 0.455. The van der Waals surface area contributed by atoms with Crippen LogP contribution in [0.25, 0.3) is 0 Å². The first-order valence-corrected chi connectivity index (χ1v) is 14.2. The third-order valence-electron chi connectivity index (χ3n) is 9.15. The normalized spacial score (nSPS) is 22.0. The second-order valence-electron chi connectivity index (χ2n) is 11.7. The molecule has 3 aromatic rings. The van der Waals surface area contributed by atoms with Gasteiger partial charge in [0.25, 0.3) is 0 Å². The fourth-order valence-electron chi connectivity index (χ4n) is 7.44. The lowest BCUT2D eigenvalue weighted by atomic mass is 9.35. The number of rotatable bonds is 1. The van der Waals surface area contributed by atoms with Gasteiger partial charge in [-0.15, -0.1) is 0 Å². The summed E-state index contributed by atoms with van der Waals surface area (Å²) in [7, 11) is 0. The number of hydrogen-bond acceptors (Lipinski definition) is 4. The molecule has 3 aromatic carbocycles. The first-order chi connectivity index (χ1) is 18.5. The van der Waals surface area contributed by atoms with Gasteiger partial charge in [-0.3, -0.25) is 0 Å². The summed E-state index contributed by atoms with van der Waals surface area (Å²) in [6.45, 7) is 8.79. The molecule has 0 aromatic heterocycles. The molecule has 1 fully saturated rings. The van der Waals surface area contributed by atoms with Crippen LogP contribution in [0.3, 0.4) is 0 Å². The van der Waals surface area contributed by atoms with Crippen LogP contribution in [-0.4, -0.2) is 41.9 Å². The number of aryl methyl sites for hydroxylation is 3. The molecule has 5 heteroatoms. The van der Waals surface area contributed by atoms with Gasteiger partial charge < -0.3 is 19.6 Å². The maximum absolute atomic E-state index is 2.60. The van der Waals surface area contributed by atoms with Gasteiger partial charge in [-0.05, 0) is 57.9 Å². The Hall–Kier alpha value is -3.60. The molecule has 0 saturated heterocycles. The standard InChI is InChI=1S/C33H37BN4/c1-24-18-25(2)33(26(3)19-24)34-27-8-6-10-29(20-27)35-14-16-37(22-35)31-12-4-5-13-32(31)38-17-15-36(23-38)30-11-7-9-28(34)21-30/h6-11,14-21,31-32H,4-5,12-13,22-23H2,1-3H3. The van der Waals surface area contributed by atoms with Crippen molar-refractivity contribution in [3.8, 4) is 0 Å². The van der Waals surface area contributed by atoms with E-state index in [0.717, 1.165) is 13.3 Å². The van der Waals surface area contributed by atoms with Crippen LogP contribution >= 0.6 is 0 Å². The highest BCUT2D eigenvalue weighted by Crippen LogP contribution is 2.33. The summed E-state index contributed by atoms with van der Waals surface area (Å²) in [6.07, 6.45) is 14.4. The first kappa shape index (κ1) is 23.5. The monoisotopic (exact) mass is 500 g/mol. The Bertz CT molecular complexity index is 1330. The van der Waals surface area contributed by atoms with Crippen molar-refractivity contribution in [3.63, 3.8) is 0 Å². The number of benzene rings is 3. The van der Waals surface area contributed by atoms with Crippen molar-refractivity contribution in [1.29, 1.82) is 0 Å². The molecule has 4 aliphatic rings. The third kappa shape index (κ3) is 4.00. The van der Waals surface area contributed by atoms with E-state index in [-0.39, 0.29) is 6.71 Å². The Kier molecular flexibility index (Phi) is 5.76. The van der Waals surface area contributed by atoms with Gasteiger partial charge >= 0.3 is 0 Å².